The second-order valence-corrected chi connectivity index (χ2v) is 24.6. The summed E-state index contributed by atoms with van der Waals surface area (Å²) in [4.78, 5) is 101. The number of pyridine rings is 1. The molecule has 1 unspecified atom stereocenters. The maximum Gasteiger partial charge on any atom is 0.306 e. The number of hydrazine groups is 1. The van der Waals surface area contributed by atoms with Gasteiger partial charge in [0.15, 0.2) is 5.82 Å². The number of esters is 1. The molecule has 0 spiro atoms. The number of thiazole rings is 1. The van der Waals surface area contributed by atoms with Crippen LogP contribution in [-0.2, 0) is 46.5 Å². The summed E-state index contributed by atoms with van der Waals surface area (Å²) in [5, 5.41) is 16.5. The molecule has 26 heteroatoms. The van der Waals surface area contributed by atoms with E-state index in [9.17, 15) is 41.9 Å². The van der Waals surface area contributed by atoms with Gasteiger partial charge in [0.2, 0.25) is 23.5 Å². The number of fused-ring (bicyclic) bond motifs is 1. The average Bonchev–Trinajstić information content (AvgIpc) is 2.16. The van der Waals surface area contributed by atoms with Crippen molar-refractivity contribution < 1.29 is 60.5 Å². The van der Waals surface area contributed by atoms with Gasteiger partial charge < -0.3 is 35.3 Å². The van der Waals surface area contributed by atoms with Crippen molar-refractivity contribution in [1.82, 2.24) is 45.3 Å². The predicted octanol–water partition coefficient (Wildman–Crippen LogP) is 6.10. The monoisotopic (exact) mass is 1210 g/mol. The van der Waals surface area contributed by atoms with E-state index in [0.717, 1.165) is 76.3 Å². The number of ketones is 1. The van der Waals surface area contributed by atoms with E-state index in [4.69, 9.17) is 9.84 Å². The molecule has 85 heavy (non-hydrogen) atoms. The van der Waals surface area contributed by atoms with Crippen molar-refractivity contribution in [1.29, 1.82) is 0 Å². The molecule has 4 fully saturated rings. The molecular formula is C59H66F3N11O10S2. The highest BCUT2D eigenvalue weighted by molar-refractivity contribution is 7.80. The van der Waals surface area contributed by atoms with E-state index in [1.54, 1.807) is 17.8 Å². The molecule has 21 nitrogen and oxygen atoms in total. The zero-order valence-corrected chi connectivity index (χ0v) is 48.9. The minimum Gasteiger partial charge on any atom is -0.481 e. The summed E-state index contributed by atoms with van der Waals surface area (Å²) in [6.45, 7) is 11.5. The topological polar surface area (TPSA) is 254 Å². The Bertz CT molecular complexity index is 3510. The largest absolute Gasteiger partial charge is 0.481 e. The molecule has 450 valence electrons. The molecule has 3 amide bonds. The van der Waals surface area contributed by atoms with Crippen LogP contribution in [0.15, 0.2) is 84.6 Å². The van der Waals surface area contributed by atoms with Gasteiger partial charge in [-0.3, -0.25) is 43.1 Å². The second-order valence-electron chi connectivity index (χ2n) is 22.9. The molecule has 5 N–H and O–H groups in total. The lowest BCUT2D eigenvalue weighted by atomic mass is 9.85. The van der Waals surface area contributed by atoms with Gasteiger partial charge in [0, 0.05) is 99.4 Å². The van der Waals surface area contributed by atoms with Crippen molar-refractivity contribution in [3.63, 3.8) is 0 Å². The molecular weight excluding hydrogens is 1140 g/mol. The molecule has 0 bridgehead atoms. The number of anilines is 2. The zero-order valence-electron chi connectivity index (χ0n) is 47.3. The normalized spacial score (nSPS) is 19.6. The Morgan fingerprint density at radius 3 is 2.27 bits per heavy atom. The lowest BCUT2D eigenvalue weighted by Gasteiger charge is -2.48. The number of hydrogen-bond donors (Lipinski definition) is 5. The number of aryl methyl sites for hydroxylation is 1. The Morgan fingerprint density at radius 1 is 0.906 bits per heavy atom. The number of ether oxygens (including phenoxy) is 1. The number of carbonyl (C=O) groups excluding carboxylic acids is 5. The molecule has 3 aromatic carbocycles. The van der Waals surface area contributed by atoms with Crippen LogP contribution in [0.1, 0.15) is 73.6 Å². The third-order valence-electron chi connectivity index (χ3n) is 16.0. The number of benzene rings is 3. The molecule has 0 radical (unpaired) electrons. The van der Waals surface area contributed by atoms with E-state index < -0.39 is 99.9 Å². The molecule has 10 rings (SSSR count). The number of aliphatic carboxylic acids is 1. The van der Waals surface area contributed by atoms with Gasteiger partial charge in [-0.1, -0.05) is 57.2 Å². The van der Waals surface area contributed by atoms with Gasteiger partial charge in [0.05, 0.1) is 54.1 Å². The lowest BCUT2D eigenvalue weighted by molar-refractivity contribution is -0.152. The van der Waals surface area contributed by atoms with Gasteiger partial charge in [-0.2, -0.15) is 4.41 Å². The Labute approximate surface area is 494 Å². The number of amides is 3. The highest BCUT2D eigenvalue weighted by atomic mass is 32.2. The molecule has 0 aliphatic carbocycles. The van der Waals surface area contributed by atoms with Gasteiger partial charge in [-0.05, 0) is 65.8 Å². The number of carboxylic acid groups (broad SMARTS) is 1. The number of carboxylic acids is 1. The van der Waals surface area contributed by atoms with Gasteiger partial charge in [0.1, 0.15) is 41.5 Å². The summed E-state index contributed by atoms with van der Waals surface area (Å²) in [6.07, 6.45) is -0.0436. The van der Waals surface area contributed by atoms with Crippen molar-refractivity contribution >= 4 is 80.5 Å². The second kappa shape index (κ2) is 25.5. The van der Waals surface area contributed by atoms with Gasteiger partial charge in [0.25, 0.3) is 11.3 Å². The van der Waals surface area contributed by atoms with Crippen LogP contribution >= 0.6 is 11.3 Å². The first-order valence-electron chi connectivity index (χ1n) is 28.0. The molecule has 4 saturated heterocycles. The fourth-order valence-corrected chi connectivity index (χ4v) is 12.9. The van der Waals surface area contributed by atoms with Crippen LogP contribution in [0.2, 0.25) is 0 Å². The first-order valence-corrected chi connectivity index (χ1v) is 29.9. The number of halogens is 3. The number of rotatable bonds is 20. The molecule has 5 atom stereocenters. The number of carbonyl (C=O) groups is 6. The minimum absolute atomic E-state index is 0.0113. The summed E-state index contributed by atoms with van der Waals surface area (Å²) >= 11 is -1.32. The van der Waals surface area contributed by atoms with E-state index in [-0.39, 0.29) is 69.5 Å². The Kier molecular flexibility index (Phi) is 18.2. The maximum absolute atomic E-state index is 16.1. The SMILES string of the molecule is Cc1ncsc1-c1ccc(CNC(=O)[C@@H]2C[C@@H](OC(=O)CCC(=O)O)CN2C(=O)[C@@H](NC(=O)CN2CC(N3CCN(c4ccc(-c5cnc6[nH]cc(C(=O)c7c(F)ccc(N(N8CC[C@@H](F)C8)S(=O)O)c7F)c6c5)cc4)CC3)C2)C(C)(C)C)cc1. The summed E-state index contributed by atoms with van der Waals surface area (Å²) < 4.78 is 74.2. The van der Waals surface area contributed by atoms with Crippen molar-refractivity contribution in [3.05, 3.63) is 119 Å². The highest BCUT2D eigenvalue weighted by Gasteiger charge is 2.47. The van der Waals surface area contributed by atoms with Gasteiger partial charge in [-0.25, -0.2) is 32.4 Å². The van der Waals surface area contributed by atoms with E-state index in [0.29, 0.717) is 34.1 Å². The average molecular weight is 1210 g/mol. The fourth-order valence-electron chi connectivity index (χ4n) is 11.4. The van der Waals surface area contributed by atoms with E-state index in [1.807, 2.05) is 81.1 Å². The van der Waals surface area contributed by atoms with Crippen LogP contribution in [0, 0.1) is 24.0 Å². The summed E-state index contributed by atoms with van der Waals surface area (Å²) in [7, 11) is 0. The quantitative estimate of drug-likeness (QED) is 0.0329. The molecule has 4 aliphatic heterocycles. The number of aromatic amines is 1. The van der Waals surface area contributed by atoms with Crippen LogP contribution in [0.4, 0.5) is 24.5 Å². The highest BCUT2D eigenvalue weighted by Crippen LogP contribution is 2.35. The minimum atomic E-state index is -2.85. The van der Waals surface area contributed by atoms with Crippen molar-refractivity contribution in [2.75, 3.05) is 74.8 Å². The first-order chi connectivity index (χ1) is 40.6. The van der Waals surface area contributed by atoms with Gasteiger partial charge >= 0.3 is 11.9 Å². The van der Waals surface area contributed by atoms with Crippen LogP contribution < -0.4 is 19.9 Å². The summed E-state index contributed by atoms with van der Waals surface area (Å²) in [5.74, 6) is -6.82. The first kappa shape index (κ1) is 60.5. The van der Waals surface area contributed by atoms with Crippen LogP contribution in [-0.4, -0.2) is 180 Å². The van der Waals surface area contributed by atoms with E-state index in [2.05, 4.69) is 35.4 Å². The number of likely N-dealkylation sites (tertiary alicyclic amines) is 2. The van der Waals surface area contributed by atoms with Crippen LogP contribution in [0.3, 0.4) is 0 Å². The lowest BCUT2D eigenvalue weighted by Crippen LogP contribution is -2.65. The Balaban J connectivity index is 0.721. The van der Waals surface area contributed by atoms with Crippen molar-refractivity contribution in [3.8, 4) is 21.6 Å². The summed E-state index contributed by atoms with van der Waals surface area (Å²) in [6, 6.07) is 17.1. The fraction of sp³-hybridized carbons (Fsp3) is 0.424. The van der Waals surface area contributed by atoms with Gasteiger partial charge in [-0.15, -0.1) is 11.3 Å². The number of piperazine rings is 1. The maximum atomic E-state index is 16.1. The molecule has 7 heterocycles. The number of aromatic nitrogens is 3. The third kappa shape index (κ3) is 13.6. The number of nitrogens with one attached hydrogen (secondary N) is 3. The number of H-pyrrole nitrogens is 1. The number of alkyl halides is 1. The number of nitrogens with zero attached hydrogens (tertiary/aromatic N) is 8. The molecule has 4 aliphatic rings. The van der Waals surface area contributed by atoms with E-state index >= 15 is 8.78 Å². The molecule has 0 saturated carbocycles. The van der Waals surface area contributed by atoms with E-state index in [1.165, 1.54) is 22.4 Å². The molecule has 3 aromatic heterocycles. The zero-order chi connectivity index (χ0) is 60.4. The third-order valence-corrected chi connectivity index (χ3v) is 17.7. The molecule has 6 aromatic rings. The Hall–Kier alpha value is -7.62. The number of hydrogen-bond acceptors (Lipinski definition) is 15. The summed E-state index contributed by atoms with van der Waals surface area (Å²) in [5.41, 5.74) is 4.85. The van der Waals surface area contributed by atoms with Crippen molar-refractivity contribution in [2.45, 2.75) is 90.3 Å². The standard InChI is InChI=1S/C59H66F3N11O10S2/c1-34-54(84-33-66-34)37-7-5-35(6-8-37)25-65-57(79)47-24-42(83-50(77)16-15-49(75)76)31-72(47)58(80)55(59(2,3)4)67-48(74)32-68-29-41(30-68)70-21-19-69(20-22-70)40-11-9-36(10-12-40)38-23-43-44(27-64-56(43)63-26-38)53(78)51-45(61)13-14-46(52(51)62)73(85(81)82)71-18-17-39(60)28-71/h5-14,23,26-27,33,39,41-42,47,55H,15-22,24-25,28-32H2,1-4H3,(H,63,64)(H,65,79)(H,67,74)(H,75,76)(H,81,82)/t39-,42-,47+,55-/m1/s1. The predicted molar refractivity (Wildman–Crippen MR) is 312 cm³/mol. The van der Waals surface area contributed by atoms with Crippen LogP contribution in [0.25, 0.3) is 32.6 Å². The Morgan fingerprint density at radius 2 is 1.62 bits per heavy atom. The smallest absolute Gasteiger partial charge is 0.306 e. The van der Waals surface area contributed by atoms with Crippen LogP contribution in [0.5, 0.6) is 0 Å². The van der Waals surface area contributed by atoms with Crippen molar-refractivity contribution in [2.24, 2.45) is 5.41 Å².